The molecular weight excluding hydrogens is 322 g/mol. The van der Waals surface area contributed by atoms with Gasteiger partial charge in [0.1, 0.15) is 5.78 Å². The highest BCUT2D eigenvalue weighted by molar-refractivity contribution is 5.88. The van der Waals surface area contributed by atoms with Gasteiger partial charge in [0, 0.05) is 23.3 Å². The van der Waals surface area contributed by atoms with Crippen molar-refractivity contribution in [1.82, 2.24) is 5.32 Å². The van der Waals surface area contributed by atoms with Crippen LogP contribution in [0.4, 0.5) is 0 Å². The second-order valence-corrected chi connectivity index (χ2v) is 11.3. The van der Waals surface area contributed by atoms with Crippen molar-refractivity contribution in [3.8, 4) is 0 Å². The van der Waals surface area contributed by atoms with E-state index in [1.165, 1.54) is 12.8 Å². The molecule has 6 atom stereocenters. The number of hydrogen-bond acceptors (Lipinski definition) is 2. The number of carbonyl (C=O) groups is 2. The molecule has 4 aliphatic rings. The Morgan fingerprint density at radius 3 is 2.42 bits per heavy atom. The predicted octanol–water partition coefficient (Wildman–Crippen LogP) is 4.88. The summed E-state index contributed by atoms with van der Waals surface area (Å²) in [4.78, 5) is 26.0. The summed E-state index contributed by atoms with van der Waals surface area (Å²) in [6, 6.07) is 0.199. The average Bonchev–Trinajstić information content (AvgIpc) is 2.71. The van der Waals surface area contributed by atoms with Crippen LogP contribution in [0.2, 0.25) is 0 Å². The van der Waals surface area contributed by atoms with Crippen LogP contribution in [-0.2, 0) is 9.59 Å². The van der Waals surface area contributed by atoms with Crippen LogP contribution in [0.1, 0.15) is 92.4 Å². The fourth-order valence-electron chi connectivity index (χ4n) is 8.20. The number of ketones is 1. The molecule has 4 aliphatic carbocycles. The van der Waals surface area contributed by atoms with Crippen molar-refractivity contribution in [2.24, 2.45) is 33.5 Å². The molecule has 2 bridgehead atoms. The normalized spacial score (nSPS) is 50.3. The van der Waals surface area contributed by atoms with Gasteiger partial charge in [-0.1, -0.05) is 27.2 Å². The van der Waals surface area contributed by atoms with Gasteiger partial charge in [-0.25, -0.2) is 0 Å². The Balaban J connectivity index is 1.69. The molecule has 1 spiro atoms. The van der Waals surface area contributed by atoms with Gasteiger partial charge in [0.15, 0.2) is 0 Å². The summed E-state index contributed by atoms with van der Waals surface area (Å²) in [5.74, 6) is 1.87. The van der Waals surface area contributed by atoms with E-state index in [2.05, 4.69) is 39.9 Å². The van der Waals surface area contributed by atoms with Crippen molar-refractivity contribution in [1.29, 1.82) is 0 Å². The molecule has 0 aromatic heterocycles. The summed E-state index contributed by atoms with van der Waals surface area (Å²) in [5.41, 5.74) is 0.155. The summed E-state index contributed by atoms with van der Waals surface area (Å²) in [6.07, 6.45) is 9.86. The molecule has 0 aromatic carbocycles. The van der Waals surface area contributed by atoms with E-state index in [4.69, 9.17) is 0 Å². The van der Waals surface area contributed by atoms with Crippen LogP contribution in [0.3, 0.4) is 0 Å². The monoisotopic (exact) mass is 359 g/mol. The second kappa shape index (κ2) is 5.58. The van der Waals surface area contributed by atoms with E-state index < -0.39 is 0 Å². The molecular formula is C23H37NO2. The molecule has 0 radical (unpaired) electrons. The molecule has 0 aliphatic heterocycles. The molecule has 0 aromatic rings. The molecule has 4 saturated carbocycles. The number of carbonyl (C=O) groups excluding carboxylic acids is 2. The van der Waals surface area contributed by atoms with Crippen molar-refractivity contribution in [3.63, 3.8) is 0 Å². The van der Waals surface area contributed by atoms with Crippen molar-refractivity contribution < 1.29 is 9.59 Å². The fraction of sp³-hybridized carbons (Fsp3) is 0.913. The van der Waals surface area contributed by atoms with E-state index in [1.807, 2.05) is 0 Å². The zero-order chi connectivity index (χ0) is 19.0. The fourth-order valence-corrected chi connectivity index (χ4v) is 8.20. The van der Waals surface area contributed by atoms with Crippen LogP contribution < -0.4 is 5.32 Å². The van der Waals surface area contributed by atoms with Crippen LogP contribution in [0, 0.1) is 33.5 Å². The van der Waals surface area contributed by atoms with Gasteiger partial charge in [-0.05, 0) is 81.5 Å². The Kier molecular flexibility index (Phi) is 3.97. The molecule has 3 nitrogen and oxygen atoms in total. The third kappa shape index (κ3) is 2.31. The van der Waals surface area contributed by atoms with Gasteiger partial charge in [-0.3, -0.25) is 9.59 Å². The molecule has 0 heterocycles. The van der Waals surface area contributed by atoms with Gasteiger partial charge in [0.2, 0.25) is 5.91 Å². The molecule has 146 valence electrons. The summed E-state index contributed by atoms with van der Waals surface area (Å²) < 4.78 is 0. The summed E-state index contributed by atoms with van der Waals surface area (Å²) >= 11 is 0. The summed E-state index contributed by atoms with van der Waals surface area (Å²) in [7, 11) is 0. The minimum atomic E-state index is -0.248. The Bertz CT molecular complexity index is 642. The van der Waals surface area contributed by atoms with E-state index in [0.717, 1.165) is 44.9 Å². The van der Waals surface area contributed by atoms with Crippen LogP contribution in [0.25, 0.3) is 0 Å². The maximum absolute atomic E-state index is 13.2. The molecule has 4 rings (SSSR count). The minimum absolute atomic E-state index is 0.0489. The number of fused-ring (bicyclic) bond motifs is 3. The largest absolute Gasteiger partial charge is 0.353 e. The molecule has 1 amide bonds. The molecule has 2 unspecified atom stereocenters. The summed E-state index contributed by atoms with van der Waals surface area (Å²) in [5, 5.41) is 3.23. The van der Waals surface area contributed by atoms with Gasteiger partial charge >= 0.3 is 0 Å². The molecule has 0 saturated heterocycles. The first-order valence-corrected chi connectivity index (χ1v) is 10.9. The van der Waals surface area contributed by atoms with Crippen molar-refractivity contribution in [2.75, 3.05) is 0 Å². The van der Waals surface area contributed by atoms with E-state index in [0.29, 0.717) is 17.6 Å². The molecule has 3 heteroatoms. The van der Waals surface area contributed by atoms with Crippen molar-refractivity contribution in [2.45, 2.75) is 98.4 Å². The molecule has 1 N–H and O–H groups in total. The highest BCUT2D eigenvalue weighted by atomic mass is 16.2. The Labute approximate surface area is 159 Å². The summed E-state index contributed by atoms with van der Waals surface area (Å²) in [6.45, 7) is 11.1. The van der Waals surface area contributed by atoms with Gasteiger partial charge in [-0.15, -0.1) is 0 Å². The zero-order valence-electron chi connectivity index (χ0n) is 17.4. The van der Waals surface area contributed by atoms with Gasteiger partial charge in [-0.2, -0.15) is 0 Å². The first-order valence-electron chi connectivity index (χ1n) is 10.9. The third-order valence-corrected chi connectivity index (χ3v) is 9.29. The van der Waals surface area contributed by atoms with E-state index in [-0.39, 0.29) is 33.6 Å². The van der Waals surface area contributed by atoms with E-state index in [9.17, 15) is 9.59 Å². The van der Waals surface area contributed by atoms with E-state index in [1.54, 1.807) is 0 Å². The Morgan fingerprint density at radius 2 is 1.73 bits per heavy atom. The third-order valence-electron chi connectivity index (χ3n) is 9.29. The maximum Gasteiger partial charge on any atom is 0.226 e. The van der Waals surface area contributed by atoms with Gasteiger partial charge < -0.3 is 5.32 Å². The first kappa shape index (κ1) is 18.5. The lowest BCUT2D eigenvalue weighted by atomic mass is 9.40. The number of Topliss-reactive ketones (excluding diaryl/α,β-unsaturated/α-hetero) is 1. The quantitative estimate of drug-likeness (QED) is 0.763. The van der Waals surface area contributed by atoms with Crippen LogP contribution >= 0.6 is 0 Å². The number of hydrogen-bond donors (Lipinski definition) is 1. The second-order valence-electron chi connectivity index (χ2n) is 11.3. The van der Waals surface area contributed by atoms with Crippen LogP contribution in [0.15, 0.2) is 0 Å². The van der Waals surface area contributed by atoms with E-state index >= 15 is 0 Å². The van der Waals surface area contributed by atoms with Crippen LogP contribution in [-0.4, -0.2) is 17.7 Å². The number of amides is 1. The lowest BCUT2D eigenvalue weighted by Gasteiger charge is -2.64. The highest BCUT2D eigenvalue weighted by Crippen LogP contribution is 2.72. The zero-order valence-corrected chi connectivity index (χ0v) is 17.4. The van der Waals surface area contributed by atoms with Gasteiger partial charge in [0.05, 0.1) is 0 Å². The lowest BCUT2D eigenvalue weighted by Crippen LogP contribution is -2.60. The van der Waals surface area contributed by atoms with Crippen LogP contribution in [0.5, 0.6) is 0 Å². The first-order chi connectivity index (χ1) is 12.1. The minimum Gasteiger partial charge on any atom is -0.353 e. The maximum atomic E-state index is 13.2. The average molecular weight is 360 g/mol. The topological polar surface area (TPSA) is 46.2 Å². The highest BCUT2D eigenvalue weighted by Gasteiger charge is 2.67. The van der Waals surface area contributed by atoms with Crippen molar-refractivity contribution >= 4 is 11.7 Å². The molecule has 26 heavy (non-hydrogen) atoms. The van der Waals surface area contributed by atoms with Crippen molar-refractivity contribution in [3.05, 3.63) is 0 Å². The lowest BCUT2D eigenvalue weighted by molar-refractivity contribution is -0.170. The predicted molar refractivity (Wildman–Crippen MR) is 104 cm³/mol. The standard InChI is InChI=1S/C23H37NO2/c1-15(2)24-19(26)22(5)10-6-9-21(4)16(22)8-12-23-13-18(25)20(3,14-23)11-7-17(21)23/h15-17H,6-14H2,1-5H3,(H,24,26)/t16?,17?,20-,21+,22+,23-/m0/s1. The Hall–Kier alpha value is -0.860. The van der Waals surface area contributed by atoms with Gasteiger partial charge in [0.25, 0.3) is 0 Å². The molecule has 4 fully saturated rings. The smallest absolute Gasteiger partial charge is 0.226 e. The number of nitrogens with one attached hydrogen (secondary N) is 1. The Morgan fingerprint density at radius 1 is 1.04 bits per heavy atom. The SMILES string of the molecule is CC(C)NC(=O)[C@]1(C)CCC[C@@]2(C)C3CC[C@@]4(C)C[C@]3(CCC21)CC4=O. The number of rotatable bonds is 2.